The summed E-state index contributed by atoms with van der Waals surface area (Å²) in [4.78, 5) is 12.0. The Morgan fingerprint density at radius 1 is 1.37 bits per heavy atom. The van der Waals surface area contributed by atoms with Crippen LogP contribution in [0.1, 0.15) is 27.0 Å². The minimum Gasteiger partial charge on any atom is -0.457 e. The number of carbonyl (C=O) groups is 1. The van der Waals surface area contributed by atoms with Gasteiger partial charge in [0.15, 0.2) is 0 Å². The number of nitrogens with two attached hydrogens (primary N) is 1. The third kappa shape index (κ3) is 2.93. The molecule has 5 heteroatoms. The average Bonchev–Trinajstić information content (AvgIpc) is 2.77. The molecule has 0 radical (unpaired) electrons. The Kier molecular flexibility index (Phi) is 3.55. The number of ether oxygens (including phenoxy) is 1. The van der Waals surface area contributed by atoms with Crippen LogP contribution in [0.3, 0.4) is 0 Å². The second-order valence-corrected chi connectivity index (χ2v) is 4.62. The summed E-state index contributed by atoms with van der Waals surface area (Å²) in [5.41, 5.74) is 9.60. The third-order valence-corrected chi connectivity index (χ3v) is 2.96. The monoisotopic (exact) mass is 259 g/mol. The summed E-state index contributed by atoms with van der Waals surface area (Å²) in [6.07, 6.45) is 3.48. The fraction of sp³-hybridized carbons (Fsp3) is 0.286. The molecule has 0 spiro atoms. The van der Waals surface area contributed by atoms with Crippen LogP contribution < -0.4 is 5.73 Å². The summed E-state index contributed by atoms with van der Waals surface area (Å²) < 4.78 is 6.92. The van der Waals surface area contributed by atoms with E-state index in [-0.39, 0.29) is 12.6 Å². The van der Waals surface area contributed by atoms with E-state index < -0.39 is 0 Å². The van der Waals surface area contributed by atoms with Crippen LogP contribution in [0, 0.1) is 13.8 Å². The molecular weight excluding hydrogens is 242 g/mol. The maximum absolute atomic E-state index is 12.0. The van der Waals surface area contributed by atoms with Gasteiger partial charge in [0, 0.05) is 24.5 Å². The van der Waals surface area contributed by atoms with Crippen LogP contribution in [0.5, 0.6) is 0 Å². The Balaban J connectivity index is 2.10. The molecule has 0 fully saturated rings. The highest BCUT2D eigenvalue weighted by Crippen LogP contribution is 2.19. The van der Waals surface area contributed by atoms with E-state index in [1.54, 1.807) is 16.9 Å². The van der Waals surface area contributed by atoms with Crippen LogP contribution >= 0.6 is 0 Å². The fourth-order valence-corrected chi connectivity index (χ4v) is 1.86. The van der Waals surface area contributed by atoms with Crippen LogP contribution in [0.2, 0.25) is 0 Å². The second-order valence-electron chi connectivity index (χ2n) is 4.62. The first-order valence-electron chi connectivity index (χ1n) is 5.98. The van der Waals surface area contributed by atoms with Crippen LogP contribution in [0.15, 0.2) is 24.5 Å². The number of benzene rings is 1. The fourth-order valence-electron chi connectivity index (χ4n) is 1.86. The number of aromatic nitrogens is 2. The van der Waals surface area contributed by atoms with E-state index in [0.29, 0.717) is 11.3 Å². The largest absolute Gasteiger partial charge is 0.457 e. The third-order valence-electron chi connectivity index (χ3n) is 2.96. The van der Waals surface area contributed by atoms with Crippen molar-refractivity contribution in [3.8, 4) is 0 Å². The Morgan fingerprint density at radius 2 is 2.11 bits per heavy atom. The van der Waals surface area contributed by atoms with E-state index in [1.165, 1.54) is 0 Å². The normalized spacial score (nSPS) is 10.5. The van der Waals surface area contributed by atoms with E-state index in [4.69, 9.17) is 10.5 Å². The zero-order valence-electron chi connectivity index (χ0n) is 11.3. The van der Waals surface area contributed by atoms with Gasteiger partial charge in [0.25, 0.3) is 0 Å². The smallest absolute Gasteiger partial charge is 0.338 e. The summed E-state index contributed by atoms with van der Waals surface area (Å²) in [5.74, 6) is -0.368. The molecular formula is C14H17N3O2. The number of hydrogen-bond acceptors (Lipinski definition) is 4. The maximum atomic E-state index is 12.0. The molecule has 1 aromatic heterocycles. The van der Waals surface area contributed by atoms with Crippen molar-refractivity contribution in [1.82, 2.24) is 9.78 Å². The van der Waals surface area contributed by atoms with Crippen LogP contribution in [0.4, 0.5) is 5.69 Å². The van der Waals surface area contributed by atoms with Crippen LogP contribution in [-0.2, 0) is 18.4 Å². The lowest BCUT2D eigenvalue weighted by atomic mass is 10.0. The summed E-state index contributed by atoms with van der Waals surface area (Å²) in [7, 11) is 1.82. The first-order chi connectivity index (χ1) is 8.97. The molecule has 0 atom stereocenters. The summed E-state index contributed by atoms with van der Waals surface area (Å²) in [6.45, 7) is 3.99. The van der Waals surface area contributed by atoms with Gasteiger partial charge in [-0.1, -0.05) is 6.07 Å². The van der Waals surface area contributed by atoms with E-state index in [2.05, 4.69) is 5.10 Å². The number of rotatable bonds is 3. The maximum Gasteiger partial charge on any atom is 0.338 e. The lowest BCUT2D eigenvalue weighted by Crippen LogP contribution is -2.08. The van der Waals surface area contributed by atoms with Crippen molar-refractivity contribution in [1.29, 1.82) is 0 Å². The molecule has 0 saturated carbocycles. The average molecular weight is 259 g/mol. The number of nitrogens with zero attached hydrogens (tertiary/aromatic N) is 2. The zero-order valence-corrected chi connectivity index (χ0v) is 11.3. The molecule has 0 aliphatic heterocycles. The quantitative estimate of drug-likeness (QED) is 0.676. The van der Waals surface area contributed by atoms with Gasteiger partial charge >= 0.3 is 5.97 Å². The molecule has 0 aliphatic carbocycles. The van der Waals surface area contributed by atoms with Gasteiger partial charge in [-0.25, -0.2) is 4.79 Å². The first kappa shape index (κ1) is 13.1. The molecule has 19 heavy (non-hydrogen) atoms. The van der Waals surface area contributed by atoms with Gasteiger partial charge in [-0.2, -0.15) is 5.10 Å². The molecule has 0 unspecified atom stereocenters. The van der Waals surface area contributed by atoms with Crippen molar-refractivity contribution in [3.05, 3.63) is 46.8 Å². The van der Waals surface area contributed by atoms with E-state index in [1.807, 2.05) is 33.2 Å². The molecule has 100 valence electrons. The minimum atomic E-state index is -0.368. The number of aryl methyl sites for hydroxylation is 3. The molecule has 0 bridgehead atoms. The van der Waals surface area contributed by atoms with Gasteiger partial charge < -0.3 is 10.5 Å². The Labute approximate surface area is 112 Å². The summed E-state index contributed by atoms with van der Waals surface area (Å²) >= 11 is 0. The molecule has 0 aliphatic rings. The van der Waals surface area contributed by atoms with Gasteiger partial charge in [-0.15, -0.1) is 0 Å². The standard InChI is InChI=1S/C14H17N3O2/c1-9-4-10(2)13(15)5-12(9)14(18)19-8-11-6-16-17(3)7-11/h4-7H,8,15H2,1-3H3. The molecule has 5 nitrogen and oxygen atoms in total. The zero-order chi connectivity index (χ0) is 14.0. The minimum absolute atomic E-state index is 0.208. The Morgan fingerprint density at radius 3 is 2.74 bits per heavy atom. The van der Waals surface area contributed by atoms with Crippen molar-refractivity contribution in [2.45, 2.75) is 20.5 Å². The van der Waals surface area contributed by atoms with Crippen LogP contribution in [-0.4, -0.2) is 15.7 Å². The van der Waals surface area contributed by atoms with Crippen molar-refractivity contribution in [2.24, 2.45) is 7.05 Å². The Bertz CT molecular complexity index is 617. The molecule has 2 N–H and O–H groups in total. The van der Waals surface area contributed by atoms with Crippen LogP contribution in [0.25, 0.3) is 0 Å². The molecule has 1 heterocycles. The first-order valence-corrected chi connectivity index (χ1v) is 5.98. The van der Waals surface area contributed by atoms with Gasteiger partial charge in [0.2, 0.25) is 0 Å². The number of anilines is 1. The number of nitrogen functional groups attached to an aromatic ring is 1. The van der Waals surface area contributed by atoms with Crippen molar-refractivity contribution in [2.75, 3.05) is 5.73 Å². The Hall–Kier alpha value is -2.30. The van der Waals surface area contributed by atoms with Crippen molar-refractivity contribution < 1.29 is 9.53 Å². The van der Waals surface area contributed by atoms with E-state index >= 15 is 0 Å². The highest BCUT2D eigenvalue weighted by Gasteiger charge is 2.12. The topological polar surface area (TPSA) is 70.1 Å². The lowest BCUT2D eigenvalue weighted by molar-refractivity contribution is 0.0472. The van der Waals surface area contributed by atoms with Crippen molar-refractivity contribution >= 4 is 11.7 Å². The molecule has 2 rings (SSSR count). The van der Waals surface area contributed by atoms with E-state index in [0.717, 1.165) is 16.7 Å². The van der Waals surface area contributed by atoms with Gasteiger partial charge in [-0.05, 0) is 31.0 Å². The second kappa shape index (κ2) is 5.14. The summed E-state index contributed by atoms with van der Waals surface area (Å²) in [5, 5.41) is 4.02. The predicted octanol–water partition coefficient (Wildman–Crippen LogP) is 1.98. The predicted molar refractivity (Wildman–Crippen MR) is 72.7 cm³/mol. The molecule has 0 saturated heterocycles. The molecule has 0 amide bonds. The number of carbonyl (C=O) groups excluding carboxylic acids is 1. The lowest BCUT2D eigenvalue weighted by Gasteiger charge is -2.09. The van der Waals surface area contributed by atoms with Gasteiger partial charge in [0.05, 0.1) is 11.8 Å². The van der Waals surface area contributed by atoms with Crippen molar-refractivity contribution in [3.63, 3.8) is 0 Å². The SMILES string of the molecule is Cc1cc(C)c(C(=O)OCc2cnn(C)c2)cc1N. The van der Waals surface area contributed by atoms with E-state index in [9.17, 15) is 4.79 Å². The van der Waals surface area contributed by atoms with Gasteiger partial charge in [0.1, 0.15) is 6.61 Å². The van der Waals surface area contributed by atoms with Gasteiger partial charge in [-0.3, -0.25) is 4.68 Å². The molecule has 2 aromatic rings. The number of esters is 1. The number of hydrogen-bond donors (Lipinski definition) is 1. The highest BCUT2D eigenvalue weighted by atomic mass is 16.5. The summed E-state index contributed by atoms with van der Waals surface area (Å²) in [6, 6.07) is 3.55. The molecule has 1 aromatic carbocycles. The highest BCUT2D eigenvalue weighted by molar-refractivity contribution is 5.92.